The number of para-hydroxylation sites is 1. The van der Waals surface area contributed by atoms with E-state index in [1.165, 1.54) is 6.33 Å². The number of rotatable bonds is 1. The number of anilines is 1. The number of nitrogen functional groups attached to an aromatic ring is 1. The van der Waals surface area contributed by atoms with Crippen molar-refractivity contribution in [2.75, 3.05) is 5.73 Å². The molecule has 0 bridgehead atoms. The zero-order chi connectivity index (χ0) is 13.5. The molecular formula is C14H10N6. The number of aromatic amines is 1. The lowest BCUT2D eigenvalue weighted by Crippen LogP contribution is -1.92. The van der Waals surface area contributed by atoms with Crippen molar-refractivity contribution in [3.8, 4) is 11.3 Å². The molecule has 3 aromatic heterocycles. The zero-order valence-electron chi connectivity index (χ0n) is 10.4. The standard InChI is InChI=1S/C14H10N6/c15-13-11-12(19-20-14(11)18-7-17-13)9-5-8-3-1-2-4-10(8)16-6-9/h1-7H,(H3,15,17,18,19,20). The summed E-state index contributed by atoms with van der Waals surface area (Å²) in [6.07, 6.45) is 3.20. The molecular weight excluding hydrogens is 252 g/mol. The number of nitrogens with one attached hydrogen (secondary N) is 1. The summed E-state index contributed by atoms with van der Waals surface area (Å²) in [5.41, 5.74) is 9.12. The lowest BCUT2D eigenvalue weighted by Gasteiger charge is -2.02. The summed E-state index contributed by atoms with van der Waals surface area (Å²) >= 11 is 0. The normalized spacial score (nSPS) is 11.2. The van der Waals surface area contributed by atoms with Crippen LogP contribution in [0.15, 0.2) is 42.9 Å². The number of H-pyrrole nitrogens is 1. The van der Waals surface area contributed by atoms with Crippen LogP contribution in [0, 0.1) is 0 Å². The van der Waals surface area contributed by atoms with Crippen molar-refractivity contribution in [1.82, 2.24) is 25.1 Å². The molecule has 0 unspecified atom stereocenters. The molecule has 0 atom stereocenters. The highest BCUT2D eigenvalue weighted by Crippen LogP contribution is 2.29. The van der Waals surface area contributed by atoms with Crippen LogP contribution >= 0.6 is 0 Å². The molecule has 0 aliphatic rings. The van der Waals surface area contributed by atoms with E-state index in [1.54, 1.807) is 6.20 Å². The molecule has 4 rings (SSSR count). The third-order valence-corrected chi connectivity index (χ3v) is 3.26. The second-order valence-corrected chi connectivity index (χ2v) is 4.47. The smallest absolute Gasteiger partial charge is 0.186 e. The average Bonchev–Trinajstić information content (AvgIpc) is 2.92. The Morgan fingerprint density at radius 2 is 1.95 bits per heavy atom. The molecule has 1 aromatic carbocycles. The molecule has 0 radical (unpaired) electrons. The first-order valence-corrected chi connectivity index (χ1v) is 6.12. The molecule has 0 aliphatic carbocycles. The van der Waals surface area contributed by atoms with E-state index in [4.69, 9.17) is 5.73 Å². The molecule has 0 amide bonds. The van der Waals surface area contributed by atoms with Crippen molar-refractivity contribution >= 4 is 27.8 Å². The number of pyridine rings is 1. The van der Waals surface area contributed by atoms with Crippen LogP contribution in [0.2, 0.25) is 0 Å². The Labute approximate surface area is 113 Å². The van der Waals surface area contributed by atoms with E-state index in [9.17, 15) is 0 Å². The van der Waals surface area contributed by atoms with Gasteiger partial charge >= 0.3 is 0 Å². The minimum atomic E-state index is 0.409. The van der Waals surface area contributed by atoms with Crippen LogP contribution in [0.1, 0.15) is 0 Å². The van der Waals surface area contributed by atoms with Gasteiger partial charge in [-0.25, -0.2) is 9.97 Å². The van der Waals surface area contributed by atoms with Gasteiger partial charge < -0.3 is 5.73 Å². The molecule has 3 heterocycles. The van der Waals surface area contributed by atoms with E-state index >= 15 is 0 Å². The molecule has 6 heteroatoms. The van der Waals surface area contributed by atoms with Crippen molar-refractivity contribution in [1.29, 1.82) is 0 Å². The van der Waals surface area contributed by atoms with Crippen LogP contribution in [-0.2, 0) is 0 Å². The summed E-state index contributed by atoms with van der Waals surface area (Å²) in [5, 5.41) is 8.90. The van der Waals surface area contributed by atoms with Gasteiger partial charge in [-0.15, -0.1) is 0 Å². The molecule has 0 fully saturated rings. The summed E-state index contributed by atoms with van der Waals surface area (Å²) in [7, 11) is 0. The second-order valence-electron chi connectivity index (χ2n) is 4.47. The van der Waals surface area contributed by atoms with Gasteiger partial charge in [0.2, 0.25) is 0 Å². The van der Waals surface area contributed by atoms with Crippen molar-refractivity contribution in [3.63, 3.8) is 0 Å². The predicted molar refractivity (Wildman–Crippen MR) is 76.8 cm³/mol. The quantitative estimate of drug-likeness (QED) is 0.548. The zero-order valence-corrected chi connectivity index (χ0v) is 10.4. The Balaban J connectivity index is 2.01. The topological polar surface area (TPSA) is 93.4 Å². The largest absolute Gasteiger partial charge is 0.383 e. The number of benzene rings is 1. The van der Waals surface area contributed by atoms with E-state index in [0.717, 1.165) is 27.5 Å². The number of aromatic nitrogens is 5. The first-order chi connectivity index (χ1) is 9.83. The Hall–Kier alpha value is -3.02. The van der Waals surface area contributed by atoms with Gasteiger partial charge in [0.25, 0.3) is 0 Å². The fourth-order valence-electron chi connectivity index (χ4n) is 2.30. The number of hydrogen-bond acceptors (Lipinski definition) is 5. The van der Waals surface area contributed by atoms with Crippen molar-refractivity contribution in [2.45, 2.75) is 0 Å². The van der Waals surface area contributed by atoms with Crippen LogP contribution in [0.5, 0.6) is 0 Å². The average molecular weight is 262 g/mol. The molecule has 4 aromatic rings. The SMILES string of the molecule is Nc1ncnc2n[nH]c(-c3cnc4ccccc4c3)c12. The number of nitrogens with zero attached hydrogens (tertiary/aromatic N) is 4. The fraction of sp³-hybridized carbons (Fsp3) is 0. The predicted octanol–water partition coefficient (Wildman–Crippen LogP) is 2.15. The molecule has 20 heavy (non-hydrogen) atoms. The molecule has 96 valence electrons. The van der Waals surface area contributed by atoms with E-state index in [-0.39, 0.29) is 0 Å². The Morgan fingerprint density at radius 3 is 2.90 bits per heavy atom. The van der Waals surface area contributed by atoms with Crippen LogP contribution in [0.25, 0.3) is 33.2 Å². The van der Waals surface area contributed by atoms with Crippen LogP contribution in [-0.4, -0.2) is 25.1 Å². The summed E-state index contributed by atoms with van der Waals surface area (Å²) < 4.78 is 0. The molecule has 0 spiro atoms. The van der Waals surface area contributed by atoms with Crippen LogP contribution < -0.4 is 5.73 Å². The van der Waals surface area contributed by atoms with Gasteiger partial charge in [-0.05, 0) is 12.1 Å². The number of fused-ring (bicyclic) bond motifs is 2. The van der Waals surface area contributed by atoms with E-state index in [0.29, 0.717) is 11.5 Å². The third kappa shape index (κ3) is 1.51. The highest BCUT2D eigenvalue weighted by Gasteiger charge is 2.12. The van der Waals surface area contributed by atoms with Gasteiger partial charge in [0.15, 0.2) is 5.65 Å². The Kier molecular flexibility index (Phi) is 2.17. The molecule has 0 saturated carbocycles. The van der Waals surface area contributed by atoms with Crippen LogP contribution in [0.3, 0.4) is 0 Å². The minimum absolute atomic E-state index is 0.409. The van der Waals surface area contributed by atoms with Crippen molar-refractivity contribution in [3.05, 3.63) is 42.9 Å². The first-order valence-electron chi connectivity index (χ1n) is 6.12. The summed E-state index contributed by atoms with van der Waals surface area (Å²) in [6.45, 7) is 0. The fourth-order valence-corrected chi connectivity index (χ4v) is 2.30. The Morgan fingerprint density at radius 1 is 1.05 bits per heavy atom. The highest BCUT2D eigenvalue weighted by atomic mass is 15.2. The molecule has 0 aliphatic heterocycles. The second kappa shape index (κ2) is 3.99. The molecule has 3 N–H and O–H groups in total. The maximum Gasteiger partial charge on any atom is 0.186 e. The van der Waals surface area contributed by atoms with Gasteiger partial charge in [-0.2, -0.15) is 5.10 Å². The minimum Gasteiger partial charge on any atom is -0.383 e. The van der Waals surface area contributed by atoms with Gasteiger partial charge in [-0.3, -0.25) is 10.1 Å². The lowest BCUT2D eigenvalue weighted by atomic mass is 10.1. The monoisotopic (exact) mass is 262 g/mol. The summed E-state index contributed by atoms with van der Waals surface area (Å²) in [6, 6.07) is 9.98. The maximum atomic E-state index is 5.92. The van der Waals surface area contributed by atoms with Gasteiger partial charge in [0, 0.05) is 17.1 Å². The van der Waals surface area contributed by atoms with Crippen molar-refractivity contribution in [2.24, 2.45) is 0 Å². The molecule has 0 saturated heterocycles. The maximum absolute atomic E-state index is 5.92. The van der Waals surface area contributed by atoms with Crippen molar-refractivity contribution < 1.29 is 0 Å². The number of hydrogen-bond donors (Lipinski definition) is 2. The summed E-state index contributed by atoms with van der Waals surface area (Å²) in [5.74, 6) is 0.409. The lowest BCUT2D eigenvalue weighted by molar-refractivity contribution is 1.09. The first kappa shape index (κ1) is 10.9. The summed E-state index contributed by atoms with van der Waals surface area (Å²) in [4.78, 5) is 12.6. The Bertz CT molecular complexity index is 927. The van der Waals surface area contributed by atoms with E-state index in [2.05, 4.69) is 25.1 Å². The van der Waals surface area contributed by atoms with Crippen LogP contribution in [0.4, 0.5) is 5.82 Å². The third-order valence-electron chi connectivity index (χ3n) is 3.26. The van der Waals surface area contributed by atoms with Gasteiger partial charge in [0.1, 0.15) is 12.1 Å². The van der Waals surface area contributed by atoms with E-state index in [1.807, 2.05) is 30.3 Å². The van der Waals surface area contributed by atoms with Gasteiger partial charge in [0.05, 0.1) is 16.6 Å². The highest BCUT2D eigenvalue weighted by molar-refractivity contribution is 5.99. The number of nitrogens with two attached hydrogens (primary N) is 1. The molecule has 6 nitrogen and oxygen atoms in total. The van der Waals surface area contributed by atoms with Gasteiger partial charge in [-0.1, -0.05) is 18.2 Å². The van der Waals surface area contributed by atoms with E-state index < -0.39 is 0 Å².